The van der Waals surface area contributed by atoms with Crippen LogP contribution in [0.1, 0.15) is 22.3 Å². The van der Waals surface area contributed by atoms with Crippen LogP contribution < -0.4 is 5.32 Å². The number of aryl methyl sites for hydroxylation is 1. The fraction of sp³-hybridized carbons (Fsp3) is 0.0870. The number of allylic oxidation sites excluding steroid dienone is 1. The zero-order chi connectivity index (χ0) is 18.6. The van der Waals surface area contributed by atoms with E-state index in [0.29, 0.717) is 6.54 Å². The van der Waals surface area contributed by atoms with Crippen molar-refractivity contribution < 1.29 is 4.79 Å². The van der Waals surface area contributed by atoms with Gasteiger partial charge in [0.05, 0.1) is 0 Å². The number of aromatic nitrogens is 2. The predicted octanol–water partition coefficient (Wildman–Crippen LogP) is 4.29. The Morgan fingerprint density at radius 2 is 1.96 bits per heavy atom. The predicted molar refractivity (Wildman–Crippen MR) is 108 cm³/mol. The number of hydrogen-bond donors (Lipinski definition) is 1. The highest BCUT2D eigenvalue weighted by Gasteiger charge is 2.24. The first-order valence-electron chi connectivity index (χ1n) is 8.84. The SMILES string of the molecule is Cc1cnc2c(c1)C(c1ccccc1)=C(C(=O)/C=C/c1cccnc1)CN2. The van der Waals surface area contributed by atoms with Gasteiger partial charge in [-0.2, -0.15) is 0 Å². The van der Waals surface area contributed by atoms with Crippen molar-refractivity contribution >= 4 is 23.3 Å². The van der Waals surface area contributed by atoms with E-state index >= 15 is 0 Å². The summed E-state index contributed by atoms with van der Waals surface area (Å²) in [6, 6.07) is 15.9. The molecule has 132 valence electrons. The van der Waals surface area contributed by atoms with Gasteiger partial charge in [0.1, 0.15) is 5.82 Å². The Bertz CT molecular complexity index is 1040. The highest BCUT2D eigenvalue weighted by Crippen LogP contribution is 2.35. The molecule has 1 aliphatic heterocycles. The third kappa shape index (κ3) is 3.55. The summed E-state index contributed by atoms with van der Waals surface area (Å²) in [5.74, 6) is 0.796. The lowest BCUT2D eigenvalue weighted by Gasteiger charge is -2.23. The van der Waals surface area contributed by atoms with Crippen molar-refractivity contribution in [1.82, 2.24) is 9.97 Å². The van der Waals surface area contributed by atoms with Gasteiger partial charge in [-0.25, -0.2) is 4.98 Å². The van der Waals surface area contributed by atoms with Gasteiger partial charge in [-0.3, -0.25) is 9.78 Å². The Morgan fingerprint density at radius 1 is 1.11 bits per heavy atom. The van der Waals surface area contributed by atoms with Crippen molar-refractivity contribution in [1.29, 1.82) is 0 Å². The van der Waals surface area contributed by atoms with Crippen LogP contribution in [0, 0.1) is 6.92 Å². The molecule has 1 aromatic carbocycles. The largest absolute Gasteiger partial charge is 0.365 e. The minimum absolute atomic E-state index is 0.0163. The molecule has 0 bridgehead atoms. The molecule has 3 heterocycles. The highest BCUT2D eigenvalue weighted by molar-refractivity contribution is 6.15. The van der Waals surface area contributed by atoms with Crippen LogP contribution in [0.2, 0.25) is 0 Å². The maximum absolute atomic E-state index is 13.0. The summed E-state index contributed by atoms with van der Waals surface area (Å²) in [7, 11) is 0. The lowest BCUT2D eigenvalue weighted by Crippen LogP contribution is -2.20. The van der Waals surface area contributed by atoms with E-state index in [0.717, 1.165) is 39.2 Å². The first-order chi connectivity index (χ1) is 13.2. The van der Waals surface area contributed by atoms with E-state index in [1.807, 2.05) is 55.6 Å². The number of carbonyl (C=O) groups excluding carboxylic acids is 1. The van der Waals surface area contributed by atoms with Crippen LogP contribution in [-0.2, 0) is 4.79 Å². The van der Waals surface area contributed by atoms with Crippen LogP contribution in [0.4, 0.5) is 5.82 Å². The maximum Gasteiger partial charge on any atom is 0.184 e. The minimum Gasteiger partial charge on any atom is -0.365 e. The van der Waals surface area contributed by atoms with E-state index in [2.05, 4.69) is 21.4 Å². The molecule has 0 radical (unpaired) electrons. The van der Waals surface area contributed by atoms with Gasteiger partial charge in [0.15, 0.2) is 5.78 Å². The molecular formula is C23H19N3O. The molecule has 0 saturated carbocycles. The second-order valence-electron chi connectivity index (χ2n) is 6.47. The molecule has 0 amide bonds. The second-order valence-corrected chi connectivity index (χ2v) is 6.47. The monoisotopic (exact) mass is 353 g/mol. The van der Waals surface area contributed by atoms with E-state index < -0.39 is 0 Å². The van der Waals surface area contributed by atoms with Gasteiger partial charge in [-0.1, -0.05) is 36.4 Å². The molecule has 0 unspecified atom stereocenters. The number of fused-ring (bicyclic) bond motifs is 1. The van der Waals surface area contributed by atoms with Gasteiger partial charge in [0, 0.05) is 41.8 Å². The molecule has 4 rings (SSSR count). The lowest BCUT2D eigenvalue weighted by molar-refractivity contribution is -0.111. The Labute approximate surface area is 158 Å². The second kappa shape index (κ2) is 7.38. The van der Waals surface area contributed by atoms with Gasteiger partial charge in [-0.15, -0.1) is 0 Å². The summed E-state index contributed by atoms with van der Waals surface area (Å²) in [4.78, 5) is 21.6. The van der Waals surface area contributed by atoms with Crippen molar-refractivity contribution in [3.05, 3.63) is 101 Å². The number of pyridine rings is 2. The Kier molecular flexibility index (Phi) is 4.62. The number of nitrogens with zero attached hydrogens (tertiary/aromatic N) is 2. The smallest absolute Gasteiger partial charge is 0.184 e. The molecule has 2 aromatic heterocycles. The molecule has 0 fully saturated rings. The van der Waals surface area contributed by atoms with Crippen LogP contribution in [-0.4, -0.2) is 22.3 Å². The number of benzene rings is 1. The molecule has 0 aliphatic carbocycles. The molecular weight excluding hydrogens is 334 g/mol. The first kappa shape index (κ1) is 16.9. The first-order valence-corrected chi connectivity index (χ1v) is 8.84. The van der Waals surface area contributed by atoms with Crippen LogP contribution in [0.3, 0.4) is 0 Å². The molecule has 1 N–H and O–H groups in total. The van der Waals surface area contributed by atoms with E-state index in [1.54, 1.807) is 24.5 Å². The topological polar surface area (TPSA) is 54.9 Å². The quantitative estimate of drug-likeness (QED) is 0.711. The highest BCUT2D eigenvalue weighted by atomic mass is 16.1. The normalized spacial score (nSPS) is 13.4. The molecule has 4 nitrogen and oxygen atoms in total. The Morgan fingerprint density at radius 3 is 2.74 bits per heavy atom. The maximum atomic E-state index is 13.0. The minimum atomic E-state index is -0.0163. The number of anilines is 1. The molecule has 0 spiro atoms. The van der Waals surface area contributed by atoms with Crippen molar-refractivity contribution in [2.45, 2.75) is 6.92 Å². The fourth-order valence-electron chi connectivity index (χ4n) is 3.22. The van der Waals surface area contributed by atoms with Crippen LogP contribution in [0.5, 0.6) is 0 Å². The van der Waals surface area contributed by atoms with E-state index in [1.165, 1.54) is 0 Å². The Hall–Kier alpha value is -3.53. The zero-order valence-electron chi connectivity index (χ0n) is 15.0. The van der Waals surface area contributed by atoms with E-state index in [9.17, 15) is 4.79 Å². The van der Waals surface area contributed by atoms with Crippen molar-refractivity contribution in [2.75, 3.05) is 11.9 Å². The summed E-state index contributed by atoms with van der Waals surface area (Å²) >= 11 is 0. The van der Waals surface area contributed by atoms with Crippen LogP contribution >= 0.6 is 0 Å². The summed E-state index contributed by atoms with van der Waals surface area (Å²) in [6.45, 7) is 2.46. The standard InChI is InChI=1S/C23H19N3O/c1-16-12-19-22(18-7-3-2-4-8-18)20(15-26-23(19)25-13-16)21(27)10-9-17-6-5-11-24-14-17/h2-14H,15H2,1H3,(H,25,26)/b10-9+. The number of carbonyl (C=O) groups is 1. The van der Waals surface area contributed by atoms with Crippen molar-refractivity contribution in [2.24, 2.45) is 0 Å². The van der Waals surface area contributed by atoms with E-state index in [4.69, 9.17) is 0 Å². The Balaban J connectivity index is 1.81. The fourth-order valence-corrected chi connectivity index (χ4v) is 3.22. The van der Waals surface area contributed by atoms with Gasteiger partial charge >= 0.3 is 0 Å². The van der Waals surface area contributed by atoms with Gasteiger partial charge in [0.2, 0.25) is 0 Å². The van der Waals surface area contributed by atoms with Crippen LogP contribution in [0.15, 0.2) is 78.8 Å². The third-order valence-electron chi connectivity index (χ3n) is 4.50. The molecule has 0 atom stereocenters. The summed E-state index contributed by atoms with van der Waals surface area (Å²) in [5, 5.41) is 3.28. The van der Waals surface area contributed by atoms with Crippen LogP contribution in [0.25, 0.3) is 11.6 Å². The summed E-state index contributed by atoms with van der Waals surface area (Å²) in [6.07, 6.45) is 8.70. The van der Waals surface area contributed by atoms with Crippen molar-refractivity contribution in [3.8, 4) is 0 Å². The molecule has 4 heteroatoms. The van der Waals surface area contributed by atoms with Gasteiger partial charge in [-0.05, 0) is 47.9 Å². The lowest BCUT2D eigenvalue weighted by atomic mass is 9.88. The number of ketones is 1. The summed E-state index contributed by atoms with van der Waals surface area (Å²) < 4.78 is 0. The van der Waals surface area contributed by atoms with Gasteiger partial charge in [0.25, 0.3) is 0 Å². The van der Waals surface area contributed by atoms with Gasteiger partial charge < -0.3 is 5.32 Å². The average molecular weight is 353 g/mol. The van der Waals surface area contributed by atoms with E-state index in [-0.39, 0.29) is 5.78 Å². The third-order valence-corrected chi connectivity index (χ3v) is 4.50. The number of hydrogen-bond acceptors (Lipinski definition) is 4. The molecule has 0 saturated heterocycles. The summed E-state index contributed by atoms with van der Waals surface area (Å²) in [5.41, 5.74) is 5.62. The molecule has 1 aliphatic rings. The van der Waals surface area contributed by atoms with Crippen molar-refractivity contribution in [3.63, 3.8) is 0 Å². The molecule has 3 aromatic rings. The average Bonchev–Trinajstić information content (AvgIpc) is 2.72. The number of rotatable bonds is 4. The zero-order valence-corrected chi connectivity index (χ0v) is 15.0. The number of nitrogens with one attached hydrogen (secondary N) is 1. The molecule has 27 heavy (non-hydrogen) atoms.